The molecule has 0 spiro atoms. The second kappa shape index (κ2) is 15.9. The molecule has 0 fully saturated rings. The maximum absolute atomic E-state index is 14.3. The van der Waals surface area contributed by atoms with Gasteiger partial charge < -0.3 is 20.3 Å². The molecule has 2 atom stereocenters. The van der Waals surface area contributed by atoms with E-state index in [1.807, 2.05) is 65.8 Å². The average molecular weight is 546 g/mol. The van der Waals surface area contributed by atoms with Gasteiger partial charge in [0, 0.05) is 12.1 Å². The minimum absolute atomic E-state index is 0.144. The quantitative estimate of drug-likeness (QED) is 0.245. The van der Waals surface area contributed by atoms with E-state index >= 15 is 0 Å². The molecule has 1 aromatic carbocycles. The number of amides is 3. The van der Waals surface area contributed by atoms with Gasteiger partial charge in [0.25, 0.3) is 0 Å². The number of nitrogens with one attached hydrogen (secondary N) is 2. The predicted molar refractivity (Wildman–Crippen MR) is 160 cm³/mol. The summed E-state index contributed by atoms with van der Waals surface area (Å²) in [7, 11) is 0. The van der Waals surface area contributed by atoms with Crippen molar-refractivity contribution in [2.24, 2.45) is 5.92 Å². The van der Waals surface area contributed by atoms with E-state index in [1.54, 1.807) is 25.7 Å². The summed E-state index contributed by atoms with van der Waals surface area (Å²) in [5.74, 6) is -0.350. The summed E-state index contributed by atoms with van der Waals surface area (Å²) < 4.78 is 5.49. The summed E-state index contributed by atoms with van der Waals surface area (Å²) in [6.45, 7) is 19.8. The molecule has 222 valence electrons. The van der Waals surface area contributed by atoms with E-state index in [2.05, 4.69) is 17.6 Å². The largest absolute Gasteiger partial charge is 0.444 e. The molecule has 0 bridgehead atoms. The molecule has 3 amide bonds. The van der Waals surface area contributed by atoms with E-state index < -0.39 is 29.3 Å². The van der Waals surface area contributed by atoms with Crippen LogP contribution < -0.4 is 10.6 Å². The number of alkyl carbamates (subject to hydrolysis) is 1. The van der Waals surface area contributed by atoms with Gasteiger partial charge in [-0.2, -0.15) is 0 Å². The molecule has 0 aliphatic carbocycles. The van der Waals surface area contributed by atoms with Crippen molar-refractivity contribution in [3.63, 3.8) is 0 Å². The van der Waals surface area contributed by atoms with E-state index in [4.69, 9.17) is 4.74 Å². The third-order valence-corrected chi connectivity index (χ3v) is 6.15. The van der Waals surface area contributed by atoms with E-state index in [1.165, 1.54) is 12.8 Å². The molecule has 0 aliphatic heterocycles. The first-order chi connectivity index (χ1) is 18.0. The van der Waals surface area contributed by atoms with Crippen LogP contribution in [-0.2, 0) is 14.3 Å². The van der Waals surface area contributed by atoms with Gasteiger partial charge in [0.15, 0.2) is 0 Å². The number of benzene rings is 1. The Morgan fingerprint density at radius 1 is 0.949 bits per heavy atom. The maximum atomic E-state index is 14.3. The fraction of sp³-hybridized carbons (Fsp3) is 0.719. The number of hydrogen-bond acceptors (Lipinski definition) is 4. The lowest BCUT2D eigenvalue weighted by atomic mass is 9.97. The minimum Gasteiger partial charge on any atom is -0.444 e. The second-order valence-corrected chi connectivity index (χ2v) is 13.2. The highest BCUT2D eigenvalue weighted by Crippen LogP contribution is 2.26. The first-order valence-electron chi connectivity index (χ1n) is 14.7. The SMILES string of the molecule is CCCCCCCCN(C(=O)C(CC(C)C)NC(=O)OC(C)(C)C)C(C(=O)NC(C)(C)C)c1cccc(C)c1. The number of hydrogen-bond donors (Lipinski definition) is 2. The van der Waals surface area contributed by atoms with Crippen molar-refractivity contribution in [1.29, 1.82) is 0 Å². The third kappa shape index (κ3) is 13.9. The van der Waals surface area contributed by atoms with Crippen molar-refractivity contribution in [2.75, 3.05) is 6.54 Å². The lowest BCUT2D eigenvalue weighted by molar-refractivity contribution is -0.143. The van der Waals surface area contributed by atoms with Gasteiger partial charge in [-0.3, -0.25) is 9.59 Å². The zero-order valence-corrected chi connectivity index (χ0v) is 26.3. The molecule has 1 aromatic rings. The van der Waals surface area contributed by atoms with Crippen molar-refractivity contribution in [3.05, 3.63) is 35.4 Å². The molecule has 0 radical (unpaired) electrons. The Morgan fingerprint density at radius 2 is 1.56 bits per heavy atom. The fourth-order valence-electron chi connectivity index (χ4n) is 4.52. The van der Waals surface area contributed by atoms with Gasteiger partial charge in [0.1, 0.15) is 17.7 Å². The summed E-state index contributed by atoms with van der Waals surface area (Å²) in [6.07, 6.45) is 6.16. The number of rotatable bonds is 14. The van der Waals surface area contributed by atoms with Gasteiger partial charge >= 0.3 is 6.09 Å². The van der Waals surface area contributed by atoms with Crippen LogP contribution in [0.4, 0.5) is 4.79 Å². The van der Waals surface area contributed by atoms with Crippen molar-refractivity contribution >= 4 is 17.9 Å². The highest BCUT2D eigenvalue weighted by molar-refractivity contribution is 5.92. The molecule has 7 nitrogen and oxygen atoms in total. The summed E-state index contributed by atoms with van der Waals surface area (Å²) in [5.41, 5.74) is 0.611. The van der Waals surface area contributed by atoms with E-state index in [0.717, 1.165) is 36.8 Å². The zero-order chi connectivity index (χ0) is 29.8. The number of nitrogens with zero attached hydrogens (tertiary/aromatic N) is 1. The molecular formula is C32H55N3O4. The lowest BCUT2D eigenvalue weighted by Crippen LogP contribution is -2.55. The Bertz CT molecular complexity index is 915. The predicted octanol–water partition coefficient (Wildman–Crippen LogP) is 7.08. The molecule has 0 saturated carbocycles. The Kier molecular flexibility index (Phi) is 14.0. The molecule has 0 saturated heterocycles. The normalized spacial score (nSPS) is 13.5. The van der Waals surface area contributed by atoms with Gasteiger partial charge in [-0.1, -0.05) is 82.7 Å². The first kappa shape index (κ1) is 34.5. The molecule has 0 heterocycles. The number of aryl methyl sites for hydroxylation is 1. The minimum atomic E-state index is -0.817. The van der Waals surface area contributed by atoms with Crippen LogP contribution >= 0.6 is 0 Å². The fourth-order valence-corrected chi connectivity index (χ4v) is 4.52. The maximum Gasteiger partial charge on any atom is 0.408 e. The second-order valence-electron chi connectivity index (χ2n) is 13.2. The molecule has 0 aliphatic rings. The van der Waals surface area contributed by atoms with Crippen molar-refractivity contribution < 1.29 is 19.1 Å². The molecule has 7 heteroatoms. The van der Waals surface area contributed by atoms with Crippen LogP contribution in [0.3, 0.4) is 0 Å². The monoisotopic (exact) mass is 545 g/mol. The number of carbonyl (C=O) groups is 3. The van der Waals surface area contributed by atoms with Crippen LogP contribution in [-0.4, -0.2) is 46.5 Å². The Balaban J connectivity index is 3.47. The summed E-state index contributed by atoms with van der Waals surface area (Å²) in [5, 5.41) is 5.92. The summed E-state index contributed by atoms with van der Waals surface area (Å²) >= 11 is 0. The standard InChI is InChI=1S/C32H55N3O4/c1-11-12-13-14-15-16-20-35(29(37)26(21-23(2)3)33-30(38)39-32(8,9)10)27(28(36)34-31(5,6)7)25-19-17-18-24(4)22-25/h17-19,22-23,26-27H,11-16,20-21H2,1-10H3,(H,33,38)(H,34,36). The number of ether oxygens (including phenoxy) is 1. The Labute approximate surface area is 237 Å². The number of unbranched alkanes of at least 4 members (excludes halogenated alkanes) is 5. The number of carbonyl (C=O) groups excluding carboxylic acids is 3. The third-order valence-electron chi connectivity index (χ3n) is 6.15. The lowest BCUT2D eigenvalue weighted by Gasteiger charge is -2.36. The van der Waals surface area contributed by atoms with Crippen LogP contribution in [0.1, 0.15) is 124 Å². The van der Waals surface area contributed by atoms with Gasteiger partial charge in [-0.25, -0.2) is 4.79 Å². The smallest absolute Gasteiger partial charge is 0.408 e. The van der Waals surface area contributed by atoms with Crippen molar-refractivity contribution in [2.45, 2.75) is 137 Å². The van der Waals surface area contributed by atoms with Crippen molar-refractivity contribution in [1.82, 2.24) is 15.5 Å². The van der Waals surface area contributed by atoms with Crippen LogP contribution in [0.2, 0.25) is 0 Å². The Morgan fingerprint density at radius 3 is 2.10 bits per heavy atom. The van der Waals surface area contributed by atoms with Gasteiger partial charge in [0.05, 0.1) is 0 Å². The van der Waals surface area contributed by atoms with Crippen molar-refractivity contribution in [3.8, 4) is 0 Å². The molecule has 1 rings (SSSR count). The van der Waals surface area contributed by atoms with Crippen LogP contribution in [0.15, 0.2) is 24.3 Å². The van der Waals surface area contributed by atoms with E-state index in [9.17, 15) is 14.4 Å². The van der Waals surface area contributed by atoms with Crippen LogP contribution in [0.5, 0.6) is 0 Å². The van der Waals surface area contributed by atoms with Crippen LogP contribution in [0, 0.1) is 12.8 Å². The zero-order valence-electron chi connectivity index (χ0n) is 26.3. The average Bonchev–Trinajstić information content (AvgIpc) is 2.76. The molecule has 2 N–H and O–H groups in total. The van der Waals surface area contributed by atoms with Gasteiger partial charge in [0.2, 0.25) is 11.8 Å². The van der Waals surface area contributed by atoms with Crippen LogP contribution in [0.25, 0.3) is 0 Å². The summed E-state index contributed by atoms with van der Waals surface area (Å²) in [4.78, 5) is 42.6. The highest BCUT2D eigenvalue weighted by atomic mass is 16.6. The molecule has 0 aromatic heterocycles. The van der Waals surface area contributed by atoms with E-state index in [-0.39, 0.29) is 17.7 Å². The Hall–Kier alpha value is -2.57. The molecular weight excluding hydrogens is 490 g/mol. The molecule has 39 heavy (non-hydrogen) atoms. The van der Waals surface area contributed by atoms with Gasteiger partial charge in [-0.15, -0.1) is 0 Å². The topological polar surface area (TPSA) is 87.7 Å². The van der Waals surface area contributed by atoms with E-state index in [0.29, 0.717) is 13.0 Å². The molecule has 2 unspecified atom stereocenters. The highest BCUT2D eigenvalue weighted by Gasteiger charge is 2.37. The first-order valence-corrected chi connectivity index (χ1v) is 14.7. The summed E-state index contributed by atoms with van der Waals surface area (Å²) in [6, 6.07) is 6.14. The van der Waals surface area contributed by atoms with Gasteiger partial charge in [-0.05, 0) is 72.8 Å².